The molecule has 0 bridgehead atoms. The summed E-state index contributed by atoms with van der Waals surface area (Å²) in [6.07, 6.45) is 0. The molecule has 1 amide bonds. The van der Waals surface area contributed by atoms with E-state index in [1.807, 2.05) is 24.3 Å². The number of carbonyl (C=O) groups excluding carboxylic acids is 1. The molecular formula is C13H13BrN2O2. The van der Waals surface area contributed by atoms with Crippen LogP contribution in [-0.2, 0) is 5.33 Å². The highest BCUT2D eigenvalue weighted by Gasteiger charge is 2.15. The van der Waals surface area contributed by atoms with Crippen LogP contribution < -0.4 is 5.32 Å². The van der Waals surface area contributed by atoms with Gasteiger partial charge in [0.2, 0.25) is 5.76 Å². The molecule has 0 unspecified atom stereocenters. The summed E-state index contributed by atoms with van der Waals surface area (Å²) >= 11 is 3.38. The lowest BCUT2D eigenvalue weighted by Crippen LogP contribution is -2.12. The summed E-state index contributed by atoms with van der Waals surface area (Å²) in [5.41, 5.74) is 2.44. The maximum absolute atomic E-state index is 12.0. The molecule has 0 aliphatic carbocycles. The zero-order valence-corrected chi connectivity index (χ0v) is 11.7. The van der Waals surface area contributed by atoms with Gasteiger partial charge >= 0.3 is 0 Å². The van der Waals surface area contributed by atoms with Gasteiger partial charge < -0.3 is 9.73 Å². The molecule has 1 aromatic carbocycles. The van der Waals surface area contributed by atoms with Gasteiger partial charge in [-0.1, -0.05) is 28.1 Å². The van der Waals surface area contributed by atoms with Crippen molar-refractivity contribution in [1.29, 1.82) is 0 Å². The highest BCUT2D eigenvalue weighted by Crippen LogP contribution is 2.16. The lowest BCUT2D eigenvalue weighted by molar-refractivity contribution is 0.0994. The number of nitrogens with zero attached hydrogens (tertiary/aromatic N) is 1. The highest BCUT2D eigenvalue weighted by atomic mass is 79.9. The van der Waals surface area contributed by atoms with Crippen LogP contribution in [-0.4, -0.2) is 10.9 Å². The van der Waals surface area contributed by atoms with E-state index in [0.717, 1.165) is 16.6 Å². The van der Waals surface area contributed by atoms with Crippen molar-refractivity contribution in [1.82, 2.24) is 4.98 Å². The number of aromatic nitrogens is 1. The van der Waals surface area contributed by atoms with Crippen LogP contribution in [0.4, 0.5) is 5.69 Å². The van der Waals surface area contributed by atoms with Gasteiger partial charge in [-0.05, 0) is 24.6 Å². The van der Waals surface area contributed by atoms with Gasteiger partial charge in [0, 0.05) is 17.9 Å². The van der Waals surface area contributed by atoms with E-state index in [1.54, 1.807) is 13.8 Å². The van der Waals surface area contributed by atoms with Crippen molar-refractivity contribution < 1.29 is 9.21 Å². The third-order valence-electron chi connectivity index (χ3n) is 2.45. The van der Waals surface area contributed by atoms with Crippen molar-refractivity contribution in [2.45, 2.75) is 19.2 Å². The van der Waals surface area contributed by atoms with Gasteiger partial charge in [0.25, 0.3) is 5.91 Å². The van der Waals surface area contributed by atoms with E-state index in [-0.39, 0.29) is 11.7 Å². The molecule has 1 aromatic heterocycles. The first-order chi connectivity index (χ1) is 8.60. The monoisotopic (exact) mass is 308 g/mol. The van der Waals surface area contributed by atoms with E-state index in [2.05, 4.69) is 26.2 Å². The number of oxazole rings is 1. The number of carbonyl (C=O) groups is 1. The Bertz CT molecular complexity index is 578. The summed E-state index contributed by atoms with van der Waals surface area (Å²) in [4.78, 5) is 16.1. The number of hydrogen-bond acceptors (Lipinski definition) is 3. The maximum atomic E-state index is 12.0. The number of nitrogens with one attached hydrogen (secondary N) is 1. The van der Waals surface area contributed by atoms with E-state index >= 15 is 0 Å². The molecule has 18 heavy (non-hydrogen) atoms. The topological polar surface area (TPSA) is 55.1 Å². The average Bonchev–Trinajstić information content (AvgIpc) is 2.69. The Morgan fingerprint density at radius 2 is 2.22 bits per heavy atom. The quantitative estimate of drug-likeness (QED) is 0.884. The van der Waals surface area contributed by atoms with Crippen molar-refractivity contribution in [3.05, 3.63) is 47.2 Å². The summed E-state index contributed by atoms with van der Waals surface area (Å²) in [5.74, 6) is 0.475. The molecule has 2 aromatic rings. The number of hydrogen-bond donors (Lipinski definition) is 1. The van der Waals surface area contributed by atoms with E-state index in [4.69, 9.17) is 4.42 Å². The van der Waals surface area contributed by atoms with Gasteiger partial charge in [-0.2, -0.15) is 0 Å². The Hall–Kier alpha value is -1.62. The summed E-state index contributed by atoms with van der Waals surface area (Å²) in [7, 11) is 0. The predicted octanol–water partition coefficient (Wildman–Crippen LogP) is 3.44. The molecule has 0 spiro atoms. The fraction of sp³-hybridized carbons (Fsp3) is 0.231. The smallest absolute Gasteiger partial charge is 0.293 e. The number of aryl methyl sites for hydroxylation is 2. The SMILES string of the molecule is Cc1nc(C)c(C(=O)Nc2cccc(CBr)c2)o1. The standard InChI is InChI=1S/C13H13BrN2O2/c1-8-12(18-9(2)15-8)13(17)16-11-5-3-4-10(6-11)7-14/h3-6H,7H2,1-2H3,(H,16,17). The van der Waals surface area contributed by atoms with Crippen LogP contribution in [0.5, 0.6) is 0 Å². The fourth-order valence-electron chi connectivity index (χ4n) is 1.66. The first-order valence-corrected chi connectivity index (χ1v) is 6.62. The van der Waals surface area contributed by atoms with Crippen molar-refractivity contribution in [3.8, 4) is 0 Å². The van der Waals surface area contributed by atoms with Crippen molar-refractivity contribution in [2.24, 2.45) is 0 Å². The van der Waals surface area contributed by atoms with Gasteiger partial charge in [-0.25, -0.2) is 4.98 Å². The normalized spacial score (nSPS) is 10.4. The van der Waals surface area contributed by atoms with Crippen LogP contribution in [0.3, 0.4) is 0 Å². The third kappa shape index (κ3) is 2.79. The second-order valence-corrected chi connectivity index (χ2v) is 4.50. The van der Waals surface area contributed by atoms with Crippen LogP contribution in [0, 0.1) is 13.8 Å². The lowest BCUT2D eigenvalue weighted by atomic mass is 10.2. The molecule has 2 rings (SSSR count). The van der Waals surface area contributed by atoms with Crippen LogP contribution >= 0.6 is 15.9 Å². The van der Waals surface area contributed by atoms with Gasteiger partial charge in [0.05, 0.1) is 5.69 Å². The second kappa shape index (κ2) is 5.35. The molecule has 94 valence electrons. The van der Waals surface area contributed by atoms with Crippen LogP contribution in [0.2, 0.25) is 0 Å². The van der Waals surface area contributed by atoms with E-state index in [1.165, 1.54) is 0 Å². The minimum absolute atomic E-state index is 0.261. The Kier molecular flexibility index (Phi) is 3.81. The summed E-state index contributed by atoms with van der Waals surface area (Å²) in [5, 5.41) is 3.54. The van der Waals surface area contributed by atoms with Gasteiger partial charge in [-0.3, -0.25) is 4.79 Å². The number of alkyl halides is 1. The summed E-state index contributed by atoms with van der Waals surface area (Å²) in [6.45, 7) is 3.47. The summed E-state index contributed by atoms with van der Waals surface area (Å²) in [6, 6.07) is 7.62. The number of halogens is 1. The largest absolute Gasteiger partial charge is 0.436 e. The fourth-order valence-corrected chi connectivity index (χ4v) is 2.01. The third-order valence-corrected chi connectivity index (χ3v) is 3.10. The van der Waals surface area contributed by atoms with Crippen LogP contribution in [0.15, 0.2) is 28.7 Å². The predicted molar refractivity (Wildman–Crippen MR) is 73.0 cm³/mol. The molecule has 0 radical (unpaired) electrons. The number of benzene rings is 1. The molecule has 1 heterocycles. The van der Waals surface area contributed by atoms with E-state index < -0.39 is 0 Å². The summed E-state index contributed by atoms with van der Waals surface area (Å²) < 4.78 is 5.27. The maximum Gasteiger partial charge on any atom is 0.293 e. The molecule has 0 aliphatic rings. The molecule has 4 nitrogen and oxygen atoms in total. The Morgan fingerprint density at radius 3 is 2.83 bits per heavy atom. The molecule has 5 heteroatoms. The van der Waals surface area contributed by atoms with Gasteiger partial charge in [0.1, 0.15) is 0 Å². The first kappa shape index (κ1) is 12.8. The molecule has 1 N–H and O–H groups in total. The zero-order chi connectivity index (χ0) is 13.1. The van der Waals surface area contributed by atoms with Crippen molar-refractivity contribution in [3.63, 3.8) is 0 Å². The van der Waals surface area contributed by atoms with E-state index in [0.29, 0.717) is 11.6 Å². The number of rotatable bonds is 3. The Labute approximate surface area is 114 Å². The minimum Gasteiger partial charge on any atom is -0.436 e. The molecule has 0 saturated heterocycles. The van der Waals surface area contributed by atoms with Crippen LogP contribution in [0.1, 0.15) is 27.7 Å². The van der Waals surface area contributed by atoms with E-state index in [9.17, 15) is 4.79 Å². The van der Waals surface area contributed by atoms with Gasteiger partial charge in [0.15, 0.2) is 5.89 Å². The average molecular weight is 309 g/mol. The lowest BCUT2D eigenvalue weighted by Gasteiger charge is -2.04. The number of anilines is 1. The van der Waals surface area contributed by atoms with Crippen LogP contribution in [0.25, 0.3) is 0 Å². The van der Waals surface area contributed by atoms with Crippen molar-refractivity contribution >= 4 is 27.5 Å². The zero-order valence-electron chi connectivity index (χ0n) is 10.2. The first-order valence-electron chi connectivity index (χ1n) is 5.50. The molecule has 0 saturated carbocycles. The van der Waals surface area contributed by atoms with Crippen molar-refractivity contribution in [2.75, 3.05) is 5.32 Å². The molecular weight excluding hydrogens is 296 g/mol. The molecule has 0 atom stereocenters. The number of amides is 1. The van der Waals surface area contributed by atoms with Gasteiger partial charge in [-0.15, -0.1) is 0 Å². The Morgan fingerprint density at radius 1 is 1.44 bits per heavy atom. The molecule has 0 aliphatic heterocycles. The highest BCUT2D eigenvalue weighted by molar-refractivity contribution is 9.08. The second-order valence-electron chi connectivity index (χ2n) is 3.94. The Balaban J connectivity index is 2.18. The molecule has 0 fully saturated rings. The minimum atomic E-state index is -0.278.